The minimum atomic E-state index is 0. The fraction of sp³-hybridized carbons (Fsp3) is 0.389. The van der Waals surface area contributed by atoms with Crippen molar-refractivity contribution >= 4 is 34.7 Å². The topological polar surface area (TPSA) is 59.9 Å². The highest BCUT2D eigenvalue weighted by molar-refractivity contribution is 6.36. The Morgan fingerprint density at radius 1 is 1.09 bits per heavy atom. The standard InChI is InChI=1S/C18H22Cl2N2.H3N/c1-5-13(6-2)15-9-11(3)21-18(12(15)4)22-17-8-7-14(19)10-16(17)20;/h7-10,13H,5-6H2,1-4H3,(H,21,22);1H3. The zero-order chi connectivity index (χ0) is 16.3. The summed E-state index contributed by atoms with van der Waals surface area (Å²) in [6.07, 6.45) is 2.25. The number of nitrogens with one attached hydrogen (secondary N) is 1. The first-order valence-electron chi connectivity index (χ1n) is 7.66. The molecule has 3 nitrogen and oxygen atoms in total. The van der Waals surface area contributed by atoms with E-state index in [4.69, 9.17) is 23.2 Å². The summed E-state index contributed by atoms with van der Waals surface area (Å²) in [5.74, 6) is 1.43. The van der Waals surface area contributed by atoms with Gasteiger partial charge in [-0.2, -0.15) is 0 Å². The molecule has 2 rings (SSSR count). The Morgan fingerprint density at radius 2 is 1.74 bits per heavy atom. The van der Waals surface area contributed by atoms with Crippen molar-refractivity contribution in [1.29, 1.82) is 0 Å². The predicted molar refractivity (Wildman–Crippen MR) is 102 cm³/mol. The summed E-state index contributed by atoms with van der Waals surface area (Å²) in [5, 5.41) is 4.57. The number of nitrogens with zero attached hydrogens (tertiary/aromatic N) is 1. The second kappa shape index (κ2) is 8.53. The number of rotatable bonds is 5. The predicted octanol–water partition coefficient (Wildman–Crippen LogP) is 6.81. The van der Waals surface area contributed by atoms with Gasteiger partial charge in [-0.25, -0.2) is 4.98 Å². The van der Waals surface area contributed by atoms with Crippen LogP contribution < -0.4 is 11.5 Å². The molecule has 4 N–H and O–H groups in total. The van der Waals surface area contributed by atoms with Gasteiger partial charge in [0.25, 0.3) is 0 Å². The van der Waals surface area contributed by atoms with E-state index in [-0.39, 0.29) is 6.15 Å². The molecule has 0 fully saturated rings. The van der Waals surface area contributed by atoms with E-state index in [0.29, 0.717) is 16.0 Å². The molecule has 0 saturated heterocycles. The fourth-order valence-corrected chi connectivity index (χ4v) is 3.21. The Morgan fingerprint density at radius 3 is 2.30 bits per heavy atom. The van der Waals surface area contributed by atoms with E-state index in [1.807, 2.05) is 19.1 Å². The molecule has 0 aliphatic heterocycles. The lowest BCUT2D eigenvalue weighted by Gasteiger charge is -2.20. The summed E-state index contributed by atoms with van der Waals surface area (Å²) in [6.45, 7) is 8.60. The van der Waals surface area contributed by atoms with Gasteiger partial charge in [0.1, 0.15) is 5.82 Å². The molecule has 1 heterocycles. The molecular formula is C18H25Cl2N3. The Balaban J connectivity index is 0.00000264. The Kier molecular flexibility index (Phi) is 7.33. The molecule has 0 aliphatic rings. The van der Waals surface area contributed by atoms with Gasteiger partial charge in [0, 0.05) is 10.7 Å². The van der Waals surface area contributed by atoms with Crippen molar-refractivity contribution in [3.05, 3.63) is 51.1 Å². The fourth-order valence-electron chi connectivity index (χ4n) is 2.76. The lowest BCUT2D eigenvalue weighted by Crippen LogP contribution is -2.06. The van der Waals surface area contributed by atoms with E-state index < -0.39 is 0 Å². The van der Waals surface area contributed by atoms with Crippen LogP contribution in [0.5, 0.6) is 0 Å². The molecule has 5 heteroatoms. The SMILES string of the molecule is CCC(CC)c1cc(C)nc(Nc2ccc(Cl)cc2Cl)c1C.N. The molecule has 126 valence electrons. The van der Waals surface area contributed by atoms with Crippen LogP contribution in [0.2, 0.25) is 10.0 Å². The first kappa shape index (κ1) is 19.8. The number of halogens is 2. The molecule has 0 bridgehead atoms. The van der Waals surface area contributed by atoms with Crippen molar-refractivity contribution in [1.82, 2.24) is 11.1 Å². The zero-order valence-electron chi connectivity index (χ0n) is 14.2. The van der Waals surface area contributed by atoms with E-state index in [9.17, 15) is 0 Å². The lowest BCUT2D eigenvalue weighted by molar-refractivity contribution is 0.637. The summed E-state index contributed by atoms with van der Waals surface area (Å²) in [4.78, 5) is 4.64. The van der Waals surface area contributed by atoms with Crippen molar-refractivity contribution in [3.8, 4) is 0 Å². The van der Waals surface area contributed by atoms with E-state index >= 15 is 0 Å². The average Bonchev–Trinajstić information content (AvgIpc) is 2.47. The smallest absolute Gasteiger partial charge is 0.133 e. The third kappa shape index (κ3) is 4.60. The molecule has 0 unspecified atom stereocenters. The maximum atomic E-state index is 6.25. The van der Waals surface area contributed by atoms with Crippen molar-refractivity contribution < 1.29 is 0 Å². The number of pyridine rings is 1. The number of hydrogen-bond acceptors (Lipinski definition) is 3. The van der Waals surface area contributed by atoms with Crippen LogP contribution >= 0.6 is 23.2 Å². The van der Waals surface area contributed by atoms with Crippen molar-refractivity contribution in [2.24, 2.45) is 0 Å². The Hall–Kier alpha value is -1.29. The van der Waals surface area contributed by atoms with Crippen LogP contribution in [-0.4, -0.2) is 4.98 Å². The van der Waals surface area contributed by atoms with Gasteiger partial charge in [0.15, 0.2) is 0 Å². The van der Waals surface area contributed by atoms with E-state index in [0.717, 1.165) is 30.0 Å². The maximum absolute atomic E-state index is 6.25. The largest absolute Gasteiger partial charge is 0.344 e. The number of aryl methyl sites for hydroxylation is 1. The zero-order valence-corrected chi connectivity index (χ0v) is 15.7. The second-order valence-electron chi connectivity index (χ2n) is 5.59. The lowest BCUT2D eigenvalue weighted by atomic mass is 9.90. The molecule has 0 amide bonds. The second-order valence-corrected chi connectivity index (χ2v) is 6.43. The average molecular weight is 354 g/mol. The normalized spacial score (nSPS) is 10.6. The van der Waals surface area contributed by atoms with Crippen LogP contribution in [-0.2, 0) is 0 Å². The highest BCUT2D eigenvalue weighted by Crippen LogP contribution is 2.33. The van der Waals surface area contributed by atoms with E-state index in [2.05, 4.69) is 37.1 Å². The number of benzene rings is 1. The van der Waals surface area contributed by atoms with Crippen LogP contribution in [0.1, 0.15) is 49.4 Å². The third-order valence-corrected chi connectivity index (χ3v) is 4.60. The molecule has 0 spiro atoms. The molecular weight excluding hydrogens is 329 g/mol. The van der Waals surface area contributed by atoms with Gasteiger partial charge >= 0.3 is 0 Å². The van der Waals surface area contributed by atoms with Crippen LogP contribution in [0, 0.1) is 13.8 Å². The van der Waals surface area contributed by atoms with Gasteiger partial charge in [-0.15, -0.1) is 0 Å². The van der Waals surface area contributed by atoms with Crippen molar-refractivity contribution in [2.75, 3.05) is 5.32 Å². The first-order valence-corrected chi connectivity index (χ1v) is 8.42. The number of hydrogen-bond donors (Lipinski definition) is 2. The number of anilines is 2. The van der Waals surface area contributed by atoms with Crippen LogP contribution in [0.15, 0.2) is 24.3 Å². The van der Waals surface area contributed by atoms with Gasteiger partial charge in [-0.3, -0.25) is 0 Å². The third-order valence-electron chi connectivity index (χ3n) is 4.05. The molecule has 0 aliphatic carbocycles. The Labute approximate surface area is 149 Å². The molecule has 23 heavy (non-hydrogen) atoms. The maximum Gasteiger partial charge on any atom is 0.133 e. The summed E-state index contributed by atoms with van der Waals surface area (Å²) in [7, 11) is 0. The van der Waals surface area contributed by atoms with Gasteiger partial charge in [0.2, 0.25) is 0 Å². The van der Waals surface area contributed by atoms with Crippen molar-refractivity contribution in [2.45, 2.75) is 46.5 Å². The molecule has 2 aromatic rings. The Bertz CT molecular complexity index is 668. The van der Waals surface area contributed by atoms with Gasteiger partial charge in [-0.1, -0.05) is 37.0 Å². The number of aromatic nitrogens is 1. The quantitative estimate of drug-likeness (QED) is 0.620. The molecule has 1 aromatic carbocycles. The molecule has 1 aromatic heterocycles. The summed E-state index contributed by atoms with van der Waals surface area (Å²) in [5.41, 5.74) is 4.39. The highest BCUT2D eigenvalue weighted by Gasteiger charge is 2.15. The summed E-state index contributed by atoms with van der Waals surface area (Å²) in [6, 6.07) is 7.63. The van der Waals surface area contributed by atoms with Gasteiger partial charge in [-0.05, 0) is 68.0 Å². The molecule has 0 saturated carbocycles. The summed E-state index contributed by atoms with van der Waals surface area (Å²) >= 11 is 12.2. The monoisotopic (exact) mass is 353 g/mol. The van der Waals surface area contributed by atoms with E-state index in [1.54, 1.807) is 6.07 Å². The van der Waals surface area contributed by atoms with Crippen LogP contribution in [0.3, 0.4) is 0 Å². The van der Waals surface area contributed by atoms with Crippen LogP contribution in [0.4, 0.5) is 11.5 Å². The van der Waals surface area contributed by atoms with E-state index in [1.165, 1.54) is 11.1 Å². The minimum Gasteiger partial charge on any atom is -0.344 e. The highest BCUT2D eigenvalue weighted by atomic mass is 35.5. The van der Waals surface area contributed by atoms with Crippen molar-refractivity contribution in [3.63, 3.8) is 0 Å². The summed E-state index contributed by atoms with van der Waals surface area (Å²) < 4.78 is 0. The van der Waals surface area contributed by atoms with Gasteiger partial charge in [0.05, 0.1) is 10.7 Å². The first-order chi connectivity index (χ1) is 10.5. The molecule has 0 atom stereocenters. The molecule has 0 radical (unpaired) electrons. The minimum absolute atomic E-state index is 0. The van der Waals surface area contributed by atoms with Crippen LogP contribution in [0.25, 0.3) is 0 Å². The van der Waals surface area contributed by atoms with Gasteiger partial charge < -0.3 is 11.5 Å².